The Hall–Kier alpha value is -2.53. The van der Waals surface area contributed by atoms with Gasteiger partial charge in [0.1, 0.15) is 0 Å². The topological polar surface area (TPSA) is 70.2 Å². The average Bonchev–Trinajstić information content (AvgIpc) is 2.49. The fourth-order valence-corrected chi connectivity index (χ4v) is 2.39. The van der Waals surface area contributed by atoms with Crippen LogP contribution in [-0.4, -0.2) is 18.0 Å². The molecule has 0 spiro atoms. The van der Waals surface area contributed by atoms with Crippen LogP contribution in [0.1, 0.15) is 29.8 Å². The summed E-state index contributed by atoms with van der Waals surface area (Å²) in [6.07, 6.45) is 0. The molecule has 3 amide bonds. The highest BCUT2D eigenvalue weighted by Crippen LogP contribution is 2.22. The number of halogens is 1. The Labute approximate surface area is 146 Å². The van der Waals surface area contributed by atoms with Gasteiger partial charge in [0, 0.05) is 16.8 Å². The molecular weight excluding hydrogens is 326 g/mol. The first-order valence-corrected chi connectivity index (χ1v) is 7.98. The van der Waals surface area contributed by atoms with Gasteiger partial charge < -0.3 is 16.0 Å². The molecule has 24 heavy (non-hydrogen) atoms. The van der Waals surface area contributed by atoms with Gasteiger partial charge in [-0.1, -0.05) is 23.7 Å². The fraction of sp³-hybridized carbons (Fsp3) is 0.222. The third-order valence-corrected chi connectivity index (χ3v) is 3.51. The number of carbonyl (C=O) groups excluding carboxylic acids is 2. The molecule has 0 fully saturated rings. The third kappa shape index (κ3) is 4.73. The summed E-state index contributed by atoms with van der Waals surface area (Å²) in [7, 11) is 0. The molecule has 0 saturated carbocycles. The number of anilines is 2. The Bertz CT molecular complexity index is 760. The summed E-state index contributed by atoms with van der Waals surface area (Å²) >= 11 is 5.93. The lowest BCUT2D eigenvalue weighted by Gasteiger charge is -2.14. The Kier molecular flexibility index (Phi) is 5.82. The molecule has 5 nitrogen and oxygen atoms in total. The van der Waals surface area contributed by atoms with Gasteiger partial charge >= 0.3 is 6.03 Å². The number of hydrogen-bond donors (Lipinski definition) is 3. The normalized spacial score (nSPS) is 10.4. The second kappa shape index (κ2) is 7.84. The van der Waals surface area contributed by atoms with Crippen molar-refractivity contribution in [3.8, 4) is 0 Å². The number of urea groups is 1. The first-order chi connectivity index (χ1) is 11.4. The molecule has 0 saturated heterocycles. The van der Waals surface area contributed by atoms with E-state index in [1.165, 1.54) is 0 Å². The fourth-order valence-electron chi connectivity index (χ4n) is 2.17. The first kappa shape index (κ1) is 17.8. The number of rotatable bonds is 4. The van der Waals surface area contributed by atoms with Crippen molar-refractivity contribution in [2.24, 2.45) is 0 Å². The van der Waals surface area contributed by atoms with Gasteiger partial charge in [0.15, 0.2) is 0 Å². The highest BCUT2D eigenvalue weighted by Gasteiger charge is 2.14. The van der Waals surface area contributed by atoms with Crippen molar-refractivity contribution >= 4 is 34.9 Å². The second-order valence-corrected chi connectivity index (χ2v) is 6.15. The highest BCUT2D eigenvalue weighted by molar-refractivity contribution is 6.30. The standard InChI is InChI=1S/C18H20ClN3O2/c1-11(2)20-18(24)22-16-7-5-4-6-14(16)17(23)21-15-9-8-13(19)10-12(15)3/h4-11H,1-3H3,(H,21,23)(H2,20,22,24). The summed E-state index contributed by atoms with van der Waals surface area (Å²) in [5.41, 5.74) is 2.36. The van der Waals surface area contributed by atoms with E-state index in [4.69, 9.17) is 11.6 Å². The number of aryl methyl sites for hydroxylation is 1. The Balaban J connectivity index is 2.19. The average molecular weight is 346 g/mol. The lowest BCUT2D eigenvalue weighted by atomic mass is 10.1. The van der Waals surface area contributed by atoms with E-state index in [1.807, 2.05) is 20.8 Å². The van der Waals surface area contributed by atoms with Crippen LogP contribution in [0.4, 0.5) is 16.2 Å². The molecule has 6 heteroatoms. The maximum atomic E-state index is 12.6. The molecule has 2 aromatic carbocycles. The molecule has 126 valence electrons. The Morgan fingerprint density at radius 1 is 1.00 bits per heavy atom. The maximum absolute atomic E-state index is 12.6. The summed E-state index contributed by atoms with van der Waals surface area (Å²) < 4.78 is 0. The molecule has 0 aliphatic heterocycles. The number of amides is 3. The highest BCUT2D eigenvalue weighted by atomic mass is 35.5. The molecule has 3 N–H and O–H groups in total. The van der Waals surface area contributed by atoms with Crippen LogP contribution in [0.2, 0.25) is 5.02 Å². The summed E-state index contributed by atoms with van der Waals surface area (Å²) in [5.74, 6) is -0.305. The van der Waals surface area contributed by atoms with Crippen LogP contribution in [-0.2, 0) is 0 Å². The smallest absolute Gasteiger partial charge is 0.319 e. The van der Waals surface area contributed by atoms with Crippen LogP contribution < -0.4 is 16.0 Å². The van der Waals surface area contributed by atoms with E-state index in [0.29, 0.717) is 22.0 Å². The van der Waals surface area contributed by atoms with Crippen molar-refractivity contribution in [2.75, 3.05) is 10.6 Å². The summed E-state index contributed by atoms with van der Waals surface area (Å²) in [4.78, 5) is 24.4. The van der Waals surface area contributed by atoms with Crippen LogP contribution in [0.5, 0.6) is 0 Å². The monoisotopic (exact) mass is 345 g/mol. The van der Waals surface area contributed by atoms with Crippen molar-refractivity contribution < 1.29 is 9.59 Å². The number of carbonyl (C=O) groups is 2. The van der Waals surface area contributed by atoms with Crippen LogP contribution in [0.25, 0.3) is 0 Å². The largest absolute Gasteiger partial charge is 0.336 e. The molecule has 0 heterocycles. The number of nitrogens with one attached hydrogen (secondary N) is 3. The summed E-state index contributed by atoms with van der Waals surface area (Å²) in [6.45, 7) is 5.59. The first-order valence-electron chi connectivity index (χ1n) is 7.61. The van der Waals surface area contributed by atoms with Crippen molar-refractivity contribution in [1.29, 1.82) is 0 Å². The SMILES string of the molecule is Cc1cc(Cl)ccc1NC(=O)c1ccccc1NC(=O)NC(C)C. The quantitative estimate of drug-likeness (QED) is 0.767. The van der Waals surface area contributed by atoms with Gasteiger partial charge in [-0.2, -0.15) is 0 Å². The van der Waals surface area contributed by atoms with E-state index < -0.39 is 0 Å². The zero-order chi connectivity index (χ0) is 17.7. The minimum Gasteiger partial charge on any atom is -0.336 e. The molecule has 0 radical (unpaired) electrons. The molecule has 0 atom stereocenters. The molecule has 0 unspecified atom stereocenters. The number of benzene rings is 2. The van der Waals surface area contributed by atoms with Crippen molar-refractivity contribution in [1.82, 2.24) is 5.32 Å². The van der Waals surface area contributed by atoms with Gasteiger partial charge in [-0.15, -0.1) is 0 Å². The van der Waals surface area contributed by atoms with Gasteiger partial charge in [0.2, 0.25) is 0 Å². The summed E-state index contributed by atoms with van der Waals surface area (Å²) in [5, 5.41) is 8.87. The predicted octanol–water partition coefficient (Wildman–Crippen LogP) is 4.43. The van der Waals surface area contributed by atoms with Gasteiger partial charge in [-0.25, -0.2) is 4.79 Å². The Morgan fingerprint density at radius 3 is 2.38 bits per heavy atom. The van der Waals surface area contributed by atoms with E-state index in [9.17, 15) is 9.59 Å². The zero-order valence-corrected chi connectivity index (χ0v) is 14.6. The lowest BCUT2D eigenvalue weighted by Crippen LogP contribution is -2.34. The van der Waals surface area contributed by atoms with Crippen LogP contribution in [0.3, 0.4) is 0 Å². The molecule has 0 aliphatic carbocycles. The molecule has 0 aliphatic rings. The molecule has 2 rings (SSSR count). The van der Waals surface area contributed by atoms with Crippen LogP contribution in [0, 0.1) is 6.92 Å². The van der Waals surface area contributed by atoms with E-state index in [1.54, 1.807) is 42.5 Å². The summed E-state index contributed by atoms with van der Waals surface area (Å²) in [6, 6.07) is 11.7. The van der Waals surface area contributed by atoms with E-state index >= 15 is 0 Å². The van der Waals surface area contributed by atoms with E-state index in [0.717, 1.165) is 5.56 Å². The molecule has 2 aromatic rings. The van der Waals surface area contributed by atoms with E-state index in [-0.39, 0.29) is 18.0 Å². The third-order valence-electron chi connectivity index (χ3n) is 3.28. The lowest BCUT2D eigenvalue weighted by molar-refractivity contribution is 0.102. The van der Waals surface area contributed by atoms with Crippen LogP contribution in [0.15, 0.2) is 42.5 Å². The molecule has 0 aromatic heterocycles. The molecule has 0 bridgehead atoms. The number of para-hydroxylation sites is 1. The Morgan fingerprint density at radius 2 is 1.71 bits per heavy atom. The van der Waals surface area contributed by atoms with Gasteiger partial charge in [-0.05, 0) is 56.7 Å². The van der Waals surface area contributed by atoms with Crippen molar-refractivity contribution in [3.05, 3.63) is 58.6 Å². The number of hydrogen-bond acceptors (Lipinski definition) is 2. The maximum Gasteiger partial charge on any atom is 0.319 e. The van der Waals surface area contributed by atoms with Gasteiger partial charge in [-0.3, -0.25) is 4.79 Å². The van der Waals surface area contributed by atoms with Gasteiger partial charge in [0.25, 0.3) is 5.91 Å². The van der Waals surface area contributed by atoms with Crippen LogP contribution >= 0.6 is 11.6 Å². The predicted molar refractivity (Wildman–Crippen MR) is 97.9 cm³/mol. The minimum absolute atomic E-state index is 0.00251. The van der Waals surface area contributed by atoms with Crippen molar-refractivity contribution in [3.63, 3.8) is 0 Å². The second-order valence-electron chi connectivity index (χ2n) is 5.71. The minimum atomic E-state index is -0.354. The zero-order valence-electron chi connectivity index (χ0n) is 13.8. The van der Waals surface area contributed by atoms with Crippen molar-refractivity contribution in [2.45, 2.75) is 26.8 Å². The van der Waals surface area contributed by atoms with Gasteiger partial charge in [0.05, 0.1) is 11.3 Å². The van der Waals surface area contributed by atoms with E-state index in [2.05, 4.69) is 16.0 Å². The molecular formula is C18H20ClN3O2.